The SMILES string of the molecule is CC(C)OC(=O)C(Cl)(Cl)C(O)CC1COC(C)(C)O1. The molecule has 2 atom stereocenters. The molecule has 0 saturated carbocycles. The minimum Gasteiger partial charge on any atom is -0.461 e. The normalized spacial score (nSPS) is 24.5. The van der Waals surface area contributed by atoms with E-state index in [0.29, 0.717) is 6.61 Å². The van der Waals surface area contributed by atoms with Gasteiger partial charge >= 0.3 is 5.97 Å². The van der Waals surface area contributed by atoms with Crippen molar-refractivity contribution in [3.63, 3.8) is 0 Å². The Balaban J connectivity index is 2.56. The number of hydrogen-bond acceptors (Lipinski definition) is 5. The van der Waals surface area contributed by atoms with Crippen molar-refractivity contribution in [2.75, 3.05) is 6.61 Å². The van der Waals surface area contributed by atoms with Crippen LogP contribution in [0.2, 0.25) is 0 Å². The molecule has 0 spiro atoms. The number of halogens is 2. The van der Waals surface area contributed by atoms with E-state index in [1.54, 1.807) is 27.7 Å². The van der Waals surface area contributed by atoms with Gasteiger partial charge in [0.05, 0.1) is 18.8 Å². The van der Waals surface area contributed by atoms with Crippen LogP contribution in [0.3, 0.4) is 0 Å². The Morgan fingerprint density at radius 3 is 2.53 bits per heavy atom. The molecule has 2 unspecified atom stereocenters. The van der Waals surface area contributed by atoms with Crippen LogP contribution in [0.15, 0.2) is 0 Å². The first-order valence-electron chi connectivity index (χ1n) is 6.13. The van der Waals surface area contributed by atoms with E-state index < -0.39 is 22.2 Å². The van der Waals surface area contributed by atoms with E-state index in [1.807, 2.05) is 0 Å². The summed E-state index contributed by atoms with van der Waals surface area (Å²) in [5.74, 6) is -1.57. The second-order valence-corrected chi connectivity index (χ2v) is 6.67. The van der Waals surface area contributed by atoms with Crippen molar-refractivity contribution in [3.05, 3.63) is 0 Å². The molecule has 1 aliphatic heterocycles. The van der Waals surface area contributed by atoms with Crippen LogP contribution in [-0.4, -0.2) is 46.1 Å². The molecule has 1 rings (SSSR count). The van der Waals surface area contributed by atoms with E-state index in [9.17, 15) is 9.90 Å². The molecule has 0 radical (unpaired) electrons. The number of hydrogen-bond donors (Lipinski definition) is 1. The molecule has 1 fully saturated rings. The summed E-state index contributed by atoms with van der Waals surface area (Å²) in [7, 11) is 0. The van der Waals surface area contributed by atoms with E-state index in [1.165, 1.54) is 0 Å². The molecule has 0 bridgehead atoms. The first kappa shape index (κ1) is 17.0. The first-order chi connectivity index (χ1) is 8.54. The second-order valence-electron chi connectivity index (χ2n) is 5.28. The van der Waals surface area contributed by atoms with Crippen LogP contribution in [0.5, 0.6) is 0 Å². The molecule has 0 aromatic heterocycles. The summed E-state index contributed by atoms with van der Waals surface area (Å²) in [5.41, 5.74) is 0. The van der Waals surface area contributed by atoms with Gasteiger partial charge in [-0.15, -0.1) is 0 Å². The Kier molecular flexibility index (Phi) is 5.49. The highest BCUT2D eigenvalue weighted by Gasteiger charge is 2.46. The molecule has 0 aromatic carbocycles. The van der Waals surface area contributed by atoms with E-state index in [-0.39, 0.29) is 18.6 Å². The van der Waals surface area contributed by atoms with E-state index in [2.05, 4.69) is 0 Å². The summed E-state index contributed by atoms with van der Waals surface area (Å²) < 4.78 is 13.8. The average Bonchev–Trinajstić information content (AvgIpc) is 2.56. The molecule has 112 valence electrons. The van der Waals surface area contributed by atoms with Crippen molar-refractivity contribution < 1.29 is 24.1 Å². The Morgan fingerprint density at radius 1 is 1.53 bits per heavy atom. The highest BCUT2D eigenvalue weighted by atomic mass is 35.5. The topological polar surface area (TPSA) is 65.0 Å². The van der Waals surface area contributed by atoms with Crippen molar-refractivity contribution in [3.8, 4) is 0 Å². The molecular formula is C12H20Cl2O5. The highest BCUT2D eigenvalue weighted by Crippen LogP contribution is 2.33. The van der Waals surface area contributed by atoms with Gasteiger partial charge in [0.1, 0.15) is 6.10 Å². The number of ether oxygens (including phenoxy) is 3. The maximum atomic E-state index is 11.7. The standard InChI is InChI=1S/C12H20Cl2O5/c1-7(2)18-10(16)12(13,14)9(15)5-8-6-17-11(3,4)19-8/h7-9,15H,5-6H2,1-4H3. The molecule has 1 N–H and O–H groups in total. The van der Waals surface area contributed by atoms with Crippen LogP contribution in [0.25, 0.3) is 0 Å². The van der Waals surface area contributed by atoms with Crippen molar-refractivity contribution >= 4 is 29.2 Å². The quantitative estimate of drug-likeness (QED) is 0.621. The van der Waals surface area contributed by atoms with Gasteiger partial charge in [0.15, 0.2) is 5.79 Å². The van der Waals surface area contributed by atoms with Crippen molar-refractivity contribution in [1.82, 2.24) is 0 Å². The minimum atomic E-state index is -2.01. The van der Waals surface area contributed by atoms with E-state index in [0.717, 1.165) is 0 Å². The lowest BCUT2D eigenvalue weighted by atomic mass is 10.1. The predicted molar refractivity (Wildman–Crippen MR) is 71.2 cm³/mol. The Hall–Kier alpha value is -0.0700. The average molecular weight is 315 g/mol. The summed E-state index contributed by atoms with van der Waals surface area (Å²) in [5, 5.41) is 9.99. The van der Waals surface area contributed by atoms with Gasteiger partial charge < -0.3 is 19.3 Å². The first-order valence-corrected chi connectivity index (χ1v) is 6.89. The number of alkyl halides is 2. The van der Waals surface area contributed by atoms with Gasteiger partial charge in [-0.05, 0) is 27.7 Å². The van der Waals surface area contributed by atoms with Gasteiger partial charge in [-0.1, -0.05) is 23.2 Å². The zero-order valence-corrected chi connectivity index (χ0v) is 13.0. The highest BCUT2D eigenvalue weighted by molar-refractivity contribution is 6.58. The number of carbonyl (C=O) groups excluding carboxylic acids is 1. The molecule has 5 nitrogen and oxygen atoms in total. The number of esters is 1. The van der Waals surface area contributed by atoms with E-state index in [4.69, 9.17) is 37.4 Å². The van der Waals surface area contributed by atoms with Crippen LogP contribution in [-0.2, 0) is 19.0 Å². The van der Waals surface area contributed by atoms with Gasteiger partial charge in [0.25, 0.3) is 0 Å². The zero-order chi connectivity index (χ0) is 14.8. The molecule has 0 aromatic rings. The van der Waals surface area contributed by atoms with Gasteiger partial charge in [-0.3, -0.25) is 0 Å². The third-order valence-corrected chi connectivity index (χ3v) is 3.40. The predicted octanol–water partition coefficient (Wildman–Crippen LogP) is 2.01. The van der Waals surface area contributed by atoms with Gasteiger partial charge in [-0.2, -0.15) is 0 Å². The minimum absolute atomic E-state index is 0.0869. The molecule has 1 heterocycles. The molecule has 0 amide bonds. The summed E-state index contributed by atoms with van der Waals surface area (Å²) in [4.78, 5) is 11.7. The van der Waals surface area contributed by atoms with Crippen LogP contribution in [0.1, 0.15) is 34.1 Å². The number of rotatable bonds is 5. The lowest BCUT2D eigenvalue weighted by Gasteiger charge is -2.26. The zero-order valence-electron chi connectivity index (χ0n) is 11.5. The van der Waals surface area contributed by atoms with Crippen LogP contribution in [0.4, 0.5) is 0 Å². The Bertz CT molecular complexity index is 330. The molecule has 19 heavy (non-hydrogen) atoms. The number of carbonyl (C=O) groups is 1. The van der Waals surface area contributed by atoms with Gasteiger partial charge in [0.2, 0.25) is 4.33 Å². The Labute approximate surface area is 123 Å². The summed E-state index contributed by atoms with van der Waals surface area (Å²) >= 11 is 11.8. The monoisotopic (exact) mass is 314 g/mol. The van der Waals surface area contributed by atoms with Gasteiger partial charge in [-0.25, -0.2) is 4.79 Å². The third kappa shape index (κ3) is 4.76. The molecular weight excluding hydrogens is 295 g/mol. The third-order valence-electron chi connectivity index (χ3n) is 2.59. The van der Waals surface area contributed by atoms with E-state index >= 15 is 0 Å². The van der Waals surface area contributed by atoms with Crippen molar-refractivity contribution in [2.45, 2.75) is 62.5 Å². The Morgan fingerprint density at radius 2 is 2.11 bits per heavy atom. The lowest BCUT2D eigenvalue weighted by molar-refractivity contribution is -0.152. The molecule has 7 heteroatoms. The summed E-state index contributed by atoms with van der Waals surface area (Å²) in [6.07, 6.45) is -1.94. The number of aliphatic hydroxyl groups excluding tert-OH is 1. The largest absolute Gasteiger partial charge is 0.461 e. The molecule has 1 saturated heterocycles. The molecule has 1 aliphatic rings. The maximum Gasteiger partial charge on any atom is 0.345 e. The fourth-order valence-electron chi connectivity index (χ4n) is 1.70. The molecule has 0 aliphatic carbocycles. The van der Waals surface area contributed by atoms with Crippen LogP contribution >= 0.6 is 23.2 Å². The maximum absolute atomic E-state index is 11.7. The summed E-state index contributed by atoms with van der Waals surface area (Å²) in [6, 6.07) is 0. The number of aliphatic hydroxyl groups is 1. The second kappa shape index (κ2) is 6.14. The smallest absolute Gasteiger partial charge is 0.345 e. The fraction of sp³-hybridized carbons (Fsp3) is 0.917. The van der Waals surface area contributed by atoms with Gasteiger partial charge in [0, 0.05) is 6.42 Å². The van der Waals surface area contributed by atoms with Crippen LogP contribution in [0, 0.1) is 0 Å². The fourth-order valence-corrected chi connectivity index (χ4v) is 1.97. The van der Waals surface area contributed by atoms with Crippen molar-refractivity contribution in [1.29, 1.82) is 0 Å². The van der Waals surface area contributed by atoms with Crippen molar-refractivity contribution in [2.24, 2.45) is 0 Å². The summed E-state index contributed by atoms with van der Waals surface area (Å²) in [6.45, 7) is 7.18. The van der Waals surface area contributed by atoms with Crippen LogP contribution < -0.4 is 0 Å². The lowest BCUT2D eigenvalue weighted by Crippen LogP contribution is -2.43.